The lowest BCUT2D eigenvalue weighted by atomic mass is 10.2. The Hall–Kier alpha value is -1.21. The summed E-state index contributed by atoms with van der Waals surface area (Å²) in [6, 6.07) is 4.36. The Labute approximate surface area is 136 Å². The lowest BCUT2D eigenvalue weighted by Gasteiger charge is -2.21. The molecule has 0 radical (unpaired) electrons. The zero-order valence-electron chi connectivity index (χ0n) is 11.4. The van der Waals surface area contributed by atoms with Crippen LogP contribution < -0.4 is 10.6 Å². The molecule has 7 heteroatoms. The largest absolute Gasteiger partial charge is 0.478 e. The summed E-state index contributed by atoms with van der Waals surface area (Å²) in [5.74, 6) is 0.0681. The van der Waals surface area contributed by atoms with Crippen molar-refractivity contribution in [3.63, 3.8) is 0 Å². The molecule has 1 atom stereocenters. The highest BCUT2D eigenvalue weighted by atomic mass is 79.9. The minimum atomic E-state index is -1.07. The maximum absolute atomic E-state index is 11.9. The Balaban J connectivity index is 1.91. The first-order valence-electron chi connectivity index (χ1n) is 6.75. The van der Waals surface area contributed by atoms with Crippen molar-refractivity contribution in [2.24, 2.45) is 0 Å². The second-order valence-corrected chi connectivity index (χ2v) is 7.14. The smallest absolute Gasteiger partial charge is 0.337 e. The van der Waals surface area contributed by atoms with Crippen LogP contribution in [-0.4, -0.2) is 34.7 Å². The zero-order chi connectivity index (χ0) is 15.2. The van der Waals surface area contributed by atoms with Crippen LogP contribution in [0.3, 0.4) is 0 Å². The van der Waals surface area contributed by atoms with Gasteiger partial charge < -0.3 is 15.7 Å². The molecule has 3 N–H and O–H groups in total. The molecule has 0 bridgehead atoms. The Kier molecular flexibility index (Phi) is 5.93. The van der Waals surface area contributed by atoms with E-state index in [0.717, 1.165) is 12.2 Å². The number of rotatable bonds is 4. The molecule has 1 aromatic carbocycles. The first kappa shape index (κ1) is 16.2. The number of benzene rings is 1. The number of urea groups is 1. The van der Waals surface area contributed by atoms with Gasteiger partial charge in [-0.2, -0.15) is 11.8 Å². The van der Waals surface area contributed by atoms with Crippen LogP contribution in [0.25, 0.3) is 0 Å². The fourth-order valence-electron chi connectivity index (χ4n) is 2.14. The Morgan fingerprint density at radius 2 is 2.19 bits per heavy atom. The number of hydrogen-bond acceptors (Lipinski definition) is 3. The summed E-state index contributed by atoms with van der Waals surface area (Å²) >= 11 is 5.10. The molecule has 1 aliphatic heterocycles. The third-order valence-corrected chi connectivity index (χ3v) is 5.12. The number of amides is 2. The predicted molar refractivity (Wildman–Crippen MR) is 88.2 cm³/mol. The van der Waals surface area contributed by atoms with Crippen LogP contribution in [0, 0.1) is 0 Å². The summed E-state index contributed by atoms with van der Waals surface area (Å²) in [7, 11) is 0. The van der Waals surface area contributed by atoms with Crippen molar-refractivity contribution in [1.29, 1.82) is 0 Å². The third-order valence-electron chi connectivity index (χ3n) is 3.22. The Morgan fingerprint density at radius 3 is 2.86 bits per heavy atom. The van der Waals surface area contributed by atoms with Crippen molar-refractivity contribution in [2.75, 3.05) is 17.6 Å². The van der Waals surface area contributed by atoms with Crippen molar-refractivity contribution in [2.45, 2.75) is 24.5 Å². The van der Waals surface area contributed by atoms with Crippen molar-refractivity contribution >= 4 is 45.4 Å². The minimum Gasteiger partial charge on any atom is -0.478 e. The van der Waals surface area contributed by atoms with Crippen molar-refractivity contribution in [3.8, 4) is 0 Å². The van der Waals surface area contributed by atoms with Gasteiger partial charge in [-0.3, -0.25) is 0 Å². The normalized spacial score (nSPS) is 18.0. The van der Waals surface area contributed by atoms with Crippen LogP contribution in [0.5, 0.6) is 0 Å². The van der Waals surface area contributed by atoms with Gasteiger partial charge in [0.25, 0.3) is 0 Å². The van der Waals surface area contributed by atoms with Crippen molar-refractivity contribution in [3.05, 3.63) is 28.2 Å². The average Bonchev–Trinajstić information content (AvgIpc) is 2.48. The summed E-state index contributed by atoms with van der Waals surface area (Å²) in [4.78, 5) is 23.0. The summed E-state index contributed by atoms with van der Waals surface area (Å²) in [5, 5.41) is 15.0. The Bertz CT molecular complexity index is 533. The molecule has 0 spiro atoms. The molecule has 2 amide bonds. The minimum absolute atomic E-state index is 0.0616. The highest BCUT2D eigenvalue weighted by Crippen LogP contribution is 2.24. The molecule has 1 fully saturated rings. The molecular weight excluding hydrogens is 356 g/mol. The first-order chi connectivity index (χ1) is 10.1. The summed E-state index contributed by atoms with van der Waals surface area (Å²) in [5.41, 5.74) is 0.353. The number of hydrogen-bond donors (Lipinski definition) is 3. The van der Waals surface area contributed by atoms with Crippen molar-refractivity contribution in [1.82, 2.24) is 5.32 Å². The summed E-state index contributed by atoms with van der Waals surface area (Å²) in [6.07, 6.45) is 3.56. The second kappa shape index (κ2) is 7.70. The van der Waals surface area contributed by atoms with Gasteiger partial charge in [-0.05, 0) is 36.8 Å². The number of carboxylic acids is 1. The van der Waals surface area contributed by atoms with Crippen LogP contribution >= 0.6 is 27.7 Å². The molecule has 1 aromatic rings. The molecule has 21 heavy (non-hydrogen) atoms. The van der Waals surface area contributed by atoms with E-state index in [2.05, 4.69) is 26.6 Å². The molecule has 5 nitrogen and oxygen atoms in total. The number of aromatic carboxylic acids is 1. The van der Waals surface area contributed by atoms with Gasteiger partial charge >= 0.3 is 12.0 Å². The summed E-state index contributed by atoms with van der Waals surface area (Å²) in [6.45, 7) is 0.607. The van der Waals surface area contributed by atoms with E-state index in [1.165, 1.54) is 18.9 Å². The van der Waals surface area contributed by atoms with Crippen LogP contribution in [0.15, 0.2) is 22.7 Å². The molecule has 2 rings (SSSR count). The summed E-state index contributed by atoms with van der Waals surface area (Å²) < 4.78 is 0.657. The molecular formula is C14H17BrN2O3S. The maximum atomic E-state index is 11.9. The number of halogens is 1. The van der Waals surface area contributed by atoms with Gasteiger partial charge in [-0.1, -0.05) is 22.4 Å². The number of carbonyl (C=O) groups is 2. The van der Waals surface area contributed by atoms with Crippen LogP contribution in [0.1, 0.15) is 29.6 Å². The first-order valence-corrected chi connectivity index (χ1v) is 8.60. The van der Waals surface area contributed by atoms with E-state index < -0.39 is 5.97 Å². The van der Waals surface area contributed by atoms with Crippen LogP contribution in [0.4, 0.5) is 10.5 Å². The van der Waals surface area contributed by atoms with E-state index in [-0.39, 0.29) is 11.6 Å². The lowest BCUT2D eigenvalue weighted by molar-refractivity contribution is 0.0698. The van der Waals surface area contributed by atoms with Gasteiger partial charge in [0, 0.05) is 16.3 Å². The number of carbonyl (C=O) groups excluding carboxylic acids is 1. The van der Waals surface area contributed by atoms with E-state index in [9.17, 15) is 9.59 Å². The van der Waals surface area contributed by atoms with Crippen LogP contribution in [0.2, 0.25) is 0 Å². The molecule has 1 aliphatic rings. The quantitative estimate of drug-likeness (QED) is 0.754. The van der Waals surface area contributed by atoms with Gasteiger partial charge in [0.15, 0.2) is 0 Å². The number of nitrogens with one attached hydrogen (secondary N) is 2. The monoisotopic (exact) mass is 372 g/mol. The molecule has 1 unspecified atom stereocenters. The van der Waals surface area contributed by atoms with Crippen molar-refractivity contribution < 1.29 is 14.7 Å². The molecule has 0 saturated carbocycles. The predicted octanol–water partition coefficient (Wildman–Crippen LogP) is 3.55. The van der Waals surface area contributed by atoms with Gasteiger partial charge in [-0.25, -0.2) is 9.59 Å². The van der Waals surface area contributed by atoms with Gasteiger partial charge in [0.1, 0.15) is 0 Å². The highest BCUT2D eigenvalue weighted by molar-refractivity contribution is 9.10. The van der Waals surface area contributed by atoms with Gasteiger partial charge in [0.2, 0.25) is 0 Å². The Morgan fingerprint density at radius 1 is 1.38 bits per heavy atom. The molecule has 114 valence electrons. The second-order valence-electron chi connectivity index (χ2n) is 4.82. The zero-order valence-corrected chi connectivity index (χ0v) is 13.8. The molecule has 0 aliphatic carbocycles. The van der Waals surface area contributed by atoms with E-state index in [4.69, 9.17) is 5.11 Å². The maximum Gasteiger partial charge on any atom is 0.337 e. The van der Waals surface area contributed by atoms with E-state index in [0.29, 0.717) is 22.0 Å². The standard InChI is InChI=1S/C14H17BrN2O3S/c15-9-4-5-12(11(7-9)13(18)19)17-14(20)16-8-10-3-1-2-6-21-10/h4-5,7,10H,1-3,6,8H2,(H,18,19)(H2,16,17,20). The van der Waals surface area contributed by atoms with E-state index in [1.54, 1.807) is 12.1 Å². The number of anilines is 1. The molecule has 0 aromatic heterocycles. The SMILES string of the molecule is O=C(NCC1CCCCS1)Nc1ccc(Br)cc1C(=O)O. The fraction of sp³-hybridized carbons (Fsp3) is 0.429. The average molecular weight is 373 g/mol. The van der Waals surface area contributed by atoms with Gasteiger partial charge in [0.05, 0.1) is 11.3 Å². The third kappa shape index (κ3) is 4.93. The van der Waals surface area contributed by atoms with Gasteiger partial charge in [-0.15, -0.1) is 0 Å². The lowest BCUT2D eigenvalue weighted by Crippen LogP contribution is -2.35. The number of thioether (sulfide) groups is 1. The van der Waals surface area contributed by atoms with Crippen LogP contribution in [-0.2, 0) is 0 Å². The number of carboxylic acid groups (broad SMARTS) is 1. The topological polar surface area (TPSA) is 78.4 Å². The van der Waals surface area contributed by atoms with E-state index >= 15 is 0 Å². The fourth-order valence-corrected chi connectivity index (χ4v) is 3.74. The molecule has 1 heterocycles. The highest BCUT2D eigenvalue weighted by Gasteiger charge is 2.16. The van der Waals surface area contributed by atoms with E-state index in [1.807, 2.05) is 11.8 Å². The molecule has 1 saturated heterocycles.